The van der Waals surface area contributed by atoms with Crippen LogP contribution in [0.5, 0.6) is 0 Å². The largest absolute Gasteiger partial charge is 0.346 e. The highest BCUT2D eigenvalue weighted by Gasteiger charge is 2.15. The number of anilines is 1. The van der Waals surface area contributed by atoms with Crippen molar-refractivity contribution in [2.24, 2.45) is 0 Å². The molecule has 2 aromatic carbocycles. The van der Waals surface area contributed by atoms with Crippen LogP contribution >= 0.6 is 0 Å². The number of carbonyl (C=O) groups excluding carboxylic acids is 2. The number of pyridine rings is 1. The highest BCUT2D eigenvalue weighted by molar-refractivity contribution is 6.05. The van der Waals surface area contributed by atoms with E-state index in [9.17, 15) is 14.4 Å². The van der Waals surface area contributed by atoms with E-state index >= 15 is 0 Å². The molecule has 2 amide bonds. The maximum absolute atomic E-state index is 13.0. The van der Waals surface area contributed by atoms with Crippen molar-refractivity contribution >= 4 is 28.4 Å². The van der Waals surface area contributed by atoms with Crippen LogP contribution in [0.15, 0.2) is 59.5 Å². The highest BCUT2D eigenvalue weighted by atomic mass is 16.5. The first-order chi connectivity index (χ1) is 16.0. The van der Waals surface area contributed by atoms with Gasteiger partial charge in [-0.2, -0.15) is 0 Å². The average molecular weight is 450 g/mol. The number of fused-ring (bicyclic) bond motifs is 1. The normalized spacial score (nSPS) is 10.8. The van der Waals surface area contributed by atoms with Crippen molar-refractivity contribution in [3.05, 3.63) is 76.1 Å². The van der Waals surface area contributed by atoms with Crippen LogP contribution in [0.4, 0.5) is 5.69 Å². The van der Waals surface area contributed by atoms with Crippen molar-refractivity contribution in [3.63, 3.8) is 0 Å². The fourth-order valence-electron chi connectivity index (χ4n) is 3.83. The van der Waals surface area contributed by atoms with Crippen molar-refractivity contribution in [2.45, 2.75) is 58.4 Å². The van der Waals surface area contributed by atoms with Gasteiger partial charge in [0.05, 0.1) is 5.52 Å². The van der Waals surface area contributed by atoms with E-state index < -0.39 is 11.8 Å². The van der Waals surface area contributed by atoms with E-state index in [2.05, 4.69) is 12.2 Å². The van der Waals surface area contributed by atoms with Crippen molar-refractivity contribution in [1.29, 1.82) is 0 Å². The number of unbranched alkanes of at least 4 members (excludes halogenated alkanes) is 3. The van der Waals surface area contributed by atoms with E-state index in [0.29, 0.717) is 24.0 Å². The fraction of sp³-hybridized carbons (Fsp3) is 0.346. The molecule has 0 atom stereocenters. The first-order valence-corrected chi connectivity index (χ1v) is 11.5. The minimum absolute atomic E-state index is 0.100. The summed E-state index contributed by atoms with van der Waals surface area (Å²) in [6.07, 6.45) is 7.33. The molecule has 7 nitrogen and oxygen atoms in total. The van der Waals surface area contributed by atoms with Gasteiger partial charge in [0.15, 0.2) is 0 Å². The molecule has 7 heteroatoms. The van der Waals surface area contributed by atoms with Crippen molar-refractivity contribution in [2.75, 3.05) is 5.32 Å². The predicted octanol–water partition coefficient (Wildman–Crippen LogP) is 4.66. The van der Waals surface area contributed by atoms with Gasteiger partial charge in [0.2, 0.25) is 11.3 Å². The molecule has 0 aliphatic heterocycles. The maximum atomic E-state index is 13.0. The lowest BCUT2D eigenvalue weighted by Gasteiger charge is -2.14. The molecule has 0 radical (unpaired) electrons. The molecule has 0 aliphatic carbocycles. The molecule has 174 valence electrons. The summed E-state index contributed by atoms with van der Waals surface area (Å²) in [5.74, 6) is -0.832. The van der Waals surface area contributed by atoms with Gasteiger partial charge in [0, 0.05) is 30.2 Å². The van der Waals surface area contributed by atoms with E-state index in [-0.39, 0.29) is 17.4 Å². The fourth-order valence-corrected chi connectivity index (χ4v) is 3.83. The molecule has 0 spiro atoms. The van der Waals surface area contributed by atoms with Crippen LogP contribution in [-0.4, -0.2) is 21.6 Å². The zero-order valence-corrected chi connectivity index (χ0v) is 19.0. The number of hydrogen-bond acceptors (Lipinski definition) is 4. The Morgan fingerprint density at radius 1 is 0.970 bits per heavy atom. The molecule has 0 saturated heterocycles. The Morgan fingerprint density at radius 3 is 2.45 bits per heavy atom. The molecule has 0 unspecified atom stereocenters. The van der Waals surface area contributed by atoms with Crippen LogP contribution in [0.2, 0.25) is 0 Å². The molecule has 0 saturated carbocycles. The number of para-hydroxylation sites is 1. The Morgan fingerprint density at radius 2 is 1.73 bits per heavy atom. The van der Waals surface area contributed by atoms with Gasteiger partial charge in [0.1, 0.15) is 5.56 Å². The topological polar surface area (TPSA) is 100 Å². The first kappa shape index (κ1) is 24.2. The van der Waals surface area contributed by atoms with Crippen LogP contribution in [-0.2, 0) is 17.8 Å². The van der Waals surface area contributed by atoms with Gasteiger partial charge in [-0.15, -0.1) is 0 Å². The summed E-state index contributed by atoms with van der Waals surface area (Å²) in [5, 5.41) is 11.9. The summed E-state index contributed by atoms with van der Waals surface area (Å²) >= 11 is 0. The smallest absolute Gasteiger partial charge is 0.261 e. The van der Waals surface area contributed by atoms with Gasteiger partial charge in [-0.25, -0.2) is 5.48 Å². The zero-order chi connectivity index (χ0) is 23.6. The number of aryl methyl sites for hydroxylation is 2. The number of nitrogens with zero attached hydrogens (tertiary/aromatic N) is 1. The van der Waals surface area contributed by atoms with E-state index in [1.54, 1.807) is 23.8 Å². The summed E-state index contributed by atoms with van der Waals surface area (Å²) in [6, 6.07) is 15.0. The van der Waals surface area contributed by atoms with Crippen molar-refractivity contribution in [3.8, 4) is 0 Å². The number of nitrogens with one attached hydrogen (secondary N) is 2. The highest BCUT2D eigenvalue weighted by Crippen LogP contribution is 2.16. The minimum atomic E-state index is -0.430. The van der Waals surface area contributed by atoms with Crippen LogP contribution in [0.1, 0.15) is 61.4 Å². The monoisotopic (exact) mass is 449 g/mol. The van der Waals surface area contributed by atoms with Gasteiger partial charge >= 0.3 is 0 Å². The minimum Gasteiger partial charge on any atom is -0.346 e. The Balaban J connectivity index is 1.76. The van der Waals surface area contributed by atoms with Crippen LogP contribution in [0.3, 0.4) is 0 Å². The maximum Gasteiger partial charge on any atom is 0.261 e. The molecule has 3 aromatic rings. The summed E-state index contributed by atoms with van der Waals surface area (Å²) in [7, 11) is 0. The van der Waals surface area contributed by atoms with Crippen molar-refractivity contribution in [1.82, 2.24) is 10.0 Å². The number of amides is 2. The summed E-state index contributed by atoms with van der Waals surface area (Å²) in [5.41, 5.74) is 4.09. The molecule has 0 bridgehead atoms. The van der Waals surface area contributed by atoms with E-state index in [0.717, 1.165) is 37.6 Å². The summed E-state index contributed by atoms with van der Waals surface area (Å²) in [4.78, 5) is 37.2. The van der Waals surface area contributed by atoms with Gasteiger partial charge < -0.3 is 9.88 Å². The quantitative estimate of drug-likeness (QED) is 0.225. The van der Waals surface area contributed by atoms with E-state index in [1.807, 2.05) is 41.0 Å². The lowest BCUT2D eigenvalue weighted by Crippen LogP contribution is -2.24. The van der Waals surface area contributed by atoms with Gasteiger partial charge in [-0.3, -0.25) is 19.6 Å². The molecule has 1 heterocycles. The number of carbonyl (C=O) groups is 2. The van der Waals surface area contributed by atoms with E-state index in [4.69, 9.17) is 5.21 Å². The lowest BCUT2D eigenvalue weighted by molar-refractivity contribution is -0.129. The average Bonchev–Trinajstić information content (AvgIpc) is 2.84. The number of benzene rings is 2. The lowest BCUT2D eigenvalue weighted by atomic mass is 10.1. The second kappa shape index (κ2) is 12.0. The summed E-state index contributed by atoms with van der Waals surface area (Å²) in [6.45, 7) is 2.76. The van der Waals surface area contributed by atoms with Crippen LogP contribution in [0, 0.1) is 0 Å². The summed E-state index contributed by atoms with van der Waals surface area (Å²) < 4.78 is 1.92. The van der Waals surface area contributed by atoms with Crippen LogP contribution in [0.25, 0.3) is 10.9 Å². The molecule has 33 heavy (non-hydrogen) atoms. The van der Waals surface area contributed by atoms with Gasteiger partial charge in [0.25, 0.3) is 5.91 Å². The van der Waals surface area contributed by atoms with Gasteiger partial charge in [-0.05, 0) is 55.5 Å². The van der Waals surface area contributed by atoms with Crippen molar-refractivity contribution < 1.29 is 14.8 Å². The third-order valence-corrected chi connectivity index (χ3v) is 5.69. The number of hydrogen-bond donors (Lipinski definition) is 3. The Kier molecular flexibility index (Phi) is 8.78. The standard InChI is InChI=1S/C26H31N3O4/c1-2-3-9-19-13-15-20(16-14-19)27-26(32)22-18-29(17-8-4-5-12-24(30)28-33)23-11-7-6-10-21(23)25(22)31/h6-7,10-11,13-16,18,33H,2-5,8-9,12,17H2,1H3,(H,27,32)(H,28,30). The molecule has 0 aliphatic rings. The Labute approximate surface area is 193 Å². The number of aromatic nitrogens is 1. The molecular weight excluding hydrogens is 418 g/mol. The molecule has 3 rings (SSSR count). The van der Waals surface area contributed by atoms with Gasteiger partial charge in [-0.1, -0.05) is 44.0 Å². The predicted molar refractivity (Wildman–Crippen MR) is 130 cm³/mol. The molecule has 1 aromatic heterocycles. The third kappa shape index (κ3) is 6.52. The number of hydroxylamine groups is 1. The molecule has 3 N–H and O–H groups in total. The Bertz CT molecular complexity index is 1150. The molecular formula is C26H31N3O4. The third-order valence-electron chi connectivity index (χ3n) is 5.69. The SMILES string of the molecule is CCCCc1ccc(NC(=O)c2cn(CCCCCC(=O)NO)c3ccccc3c2=O)cc1. The zero-order valence-electron chi connectivity index (χ0n) is 19.0. The second-order valence-corrected chi connectivity index (χ2v) is 8.18. The first-order valence-electron chi connectivity index (χ1n) is 11.5. The van der Waals surface area contributed by atoms with Crippen LogP contribution < -0.4 is 16.2 Å². The second-order valence-electron chi connectivity index (χ2n) is 8.18. The van der Waals surface area contributed by atoms with E-state index in [1.165, 1.54) is 5.56 Å². The Hall–Kier alpha value is -3.45. The molecule has 0 fully saturated rings. The number of rotatable bonds is 11.